The van der Waals surface area contributed by atoms with E-state index in [0.29, 0.717) is 0 Å². The number of hydrogen-bond acceptors (Lipinski definition) is 2. The van der Waals surface area contributed by atoms with Crippen LogP contribution >= 0.6 is 313 Å². The van der Waals surface area contributed by atoms with Gasteiger partial charge >= 0.3 is 11.4 Å². The Bertz CT molecular complexity index is 1090. The molecule has 0 amide bonds. The third-order valence-corrected chi connectivity index (χ3v) is 24.3. The van der Waals surface area contributed by atoms with Crippen molar-refractivity contribution >= 4 is 325 Å². The Morgan fingerprint density at radius 1 is 0.318 bits per heavy atom. The van der Waals surface area contributed by atoms with Crippen LogP contribution in [0.1, 0.15) is 0 Å². The second-order valence-electron chi connectivity index (χ2n) is 7.63. The van der Waals surface area contributed by atoms with Crippen molar-refractivity contribution in [3.8, 4) is 0 Å². The highest BCUT2D eigenvalue weighted by Crippen LogP contribution is 2.76. The summed E-state index contributed by atoms with van der Waals surface area (Å²) < 4.78 is -19.0. The van der Waals surface area contributed by atoms with Crippen molar-refractivity contribution in [2.45, 2.75) is 56.0 Å². The summed E-state index contributed by atoms with van der Waals surface area (Å²) in [5.74, 6) is 0. The quantitative estimate of drug-likeness (QED) is 0.148. The summed E-state index contributed by atoms with van der Waals surface area (Å²) >= 11 is 164. The Kier molecular flexibility index (Phi) is 18.5. The van der Waals surface area contributed by atoms with Gasteiger partial charge in [-0.05, 0) is 0 Å². The Hall–Kier alpha value is 7.90. The Balaban J connectivity index is 7.45. The lowest BCUT2D eigenvalue weighted by Gasteiger charge is -2.57. The number of alkyl halides is 27. The molecule has 44 heavy (non-hydrogen) atoms. The van der Waals surface area contributed by atoms with Crippen LogP contribution in [0.15, 0.2) is 0 Å². The van der Waals surface area contributed by atoms with Gasteiger partial charge in [0.1, 0.15) is 0 Å². The van der Waals surface area contributed by atoms with E-state index in [4.69, 9.17) is 318 Å². The van der Waals surface area contributed by atoms with Crippen LogP contribution in [0.2, 0.25) is 0 Å². The van der Waals surface area contributed by atoms with E-state index in [1.54, 1.807) is 0 Å². The number of halogens is 27. The lowest BCUT2D eigenvalue weighted by atomic mass is 9.98. The molecule has 1 atom stereocenters. The fourth-order valence-electron chi connectivity index (χ4n) is 2.28. The first-order valence-corrected chi connectivity index (χ1v) is 20.1. The summed E-state index contributed by atoms with van der Waals surface area (Å²) in [5, 5.41) is 0. The molecule has 0 aromatic carbocycles. The van der Waals surface area contributed by atoms with Crippen LogP contribution in [-0.4, -0.2) is 64.7 Å². The van der Waals surface area contributed by atoms with Crippen LogP contribution in [0.5, 0.6) is 0 Å². The molecule has 0 radical (unpaired) electrons. The van der Waals surface area contributed by atoms with Crippen molar-refractivity contribution in [1.29, 1.82) is 0 Å². The largest absolute Gasteiger partial charge is 0.304 e. The van der Waals surface area contributed by atoms with Gasteiger partial charge in [0.2, 0.25) is 12.5 Å². The van der Waals surface area contributed by atoms with Gasteiger partial charge in [-0.3, -0.25) is 4.55 Å². The third kappa shape index (κ3) is 8.16. The highest BCUT2D eigenvalue weighted by Gasteiger charge is 2.86. The monoisotopic (exact) mass is 1180 g/mol. The molecule has 1 unspecified atom stereocenters. The van der Waals surface area contributed by atoms with Crippen molar-refractivity contribution in [2.75, 3.05) is 0 Å². The molecular formula is C13HCl27O3S. The number of rotatable bonds is 13. The maximum Gasteiger partial charge on any atom is 0.304 e. The Morgan fingerprint density at radius 3 is 0.636 bits per heavy atom. The summed E-state index contributed by atoms with van der Waals surface area (Å²) in [6.07, 6.45) is 0. The van der Waals surface area contributed by atoms with E-state index in [2.05, 4.69) is 4.18 Å². The van der Waals surface area contributed by atoms with Crippen LogP contribution in [0.4, 0.5) is 0 Å². The minimum atomic E-state index is -3.55. The predicted octanol–water partition coefficient (Wildman–Crippen LogP) is 15.6. The molecule has 0 aromatic rings. The zero-order valence-electron chi connectivity index (χ0n) is 18.4. The first kappa shape index (κ1) is 51.9. The van der Waals surface area contributed by atoms with Gasteiger partial charge in [0, 0.05) is 0 Å². The Labute approximate surface area is 387 Å². The molecule has 31 heteroatoms. The second kappa shape index (κ2) is 15.7. The zero-order chi connectivity index (χ0) is 36.8. The van der Waals surface area contributed by atoms with Crippen LogP contribution in [0.25, 0.3) is 0 Å². The molecule has 266 valence electrons. The normalized spacial score (nSPS) is 17.6. The standard InChI is InChI=1S/C13HCl27O3S/c14-1(15,2(16,17)4(20,21)6(24,25)8(28,29)10(32,33)12(36,37)38)3(18,19)5(22,23)7(26,27)9(30,31)11(34,35)13(39,40)43-44(41)42/h(H,41,42). The highest BCUT2D eigenvalue weighted by molar-refractivity contribution is 7.74. The molecule has 3 nitrogen and oxygen atoms in total. The van der Waals surface area contributed by atoms with Gasteiger partial charge in [-0.15, -0.1) is 0 Å². The van der Waals surface area contributed by atoms with Gasteiger partial charge in [0.15, 0.2) is 39.0 Å². The van der Waals surface area contributed by atoms with E-state index in [0.717, 1.165) is 0 Å². The van der Waals surface area contributed by atoms with Crippen molar-refractivity contribution in [1.82, 2.24) is 0 Å². The average Bonchev–Trinajstić information content (AvgIpc) is 2.75. The second-order valence-corrected chi connectivity index (χ2v) is 26.4. The van der Waals surface area contributed by atoms with Gasteiger partial charge < -0.3 is 0 Å². The van der Waals surface area contributed by atoms with Crippen molar-refractivity contribution < 1.29 is 12.9 Å². The van der Waals surface area contributed by atoms with Gasteiger partial charge in [0.05, 0.1) is 0 Å². The lowest BCUT2D eigenvalue weighted by molar-refractivity contribution is 0.208. The molecule has 0 aliphatic rings. The fourth-order valence-corrected chi connectivity index (χ4v) is 11.7. The van der Waals surface area contributed by atoms with Crippen molar-refractivity contribution in [2.24, 2.45) is 0 Å². The summed E-state index contributed by atoms with van der Waals surface area (Å²) in [4.78, 5) is 0. The van der Waals surface area contributed by atoms with E-state index >= 15 is 0 Å². The number of hydrogen-bond donors (Lipinski definition) is 1. The maximum atomic E-state index is 11.2. The SMILES string of the molecule is O=S(O)OC(Cl)(Cl)C(Cl)(Cl)C(Cl)(Cl)C(Cl)(Cl)C(Cl)(Cl)C(Cl)(Cl)C(Cl)(Cl)C(Cl)(Cl)C(Cl)(Cl)C(Cl)(Cl)C(Cl)(Cl)C(Cl)(Cl)C(Cl)(Cl)Cl. The first-order chi connectivity index (χ1) is 18.4. The molecule has 0 saturated carbocycles. The topological polar surface area (TPSA) is 46.5 Å². The third-order valence-electron chi connectivity index (χ3n) is 4.84. The van der Waals surface area contributed by atoms with E-state index in [1.165, 1.54) is 0 Å². The summed E-state index contributed by atoms with van der Waals surface area (Å²) in [5.41, 5.74) is 0. The van der Waals surface area contributed by atoms with Crippen molar-refractivity contribution in [3.63, 3.8) is 0 Å². The van der Waals surface area contributed by atoms with Crippen LogP contribution in [-0.2, 0) is 15.5 Å². The molecule has 0 spiro atoms. The first-order valence-electron chi connectivity index (χ1n) is 8.82. The zero-order valence-corrected chi connectivity index (χ0v) is 39.6. The molecule has 0 heterocycles. The highest BCUT2D eigenvalue weighted by atomic mass is 35.6. The van der Waals surface area contributed by atoms with Crippen LogP contribution in [0, 0.1) is 0 Å². The molecule has 0 aliphatic carbocycles. The summed E-state index contributed by atoms with van der Waals surface area (Å²) in [6.45, 7) is 0. The molecule has 0 bridgehead atoms. The molecule has 0 aromatic heterocycles. The minimum Gasteiger partial charge on any atom is -0.284 e. The molecule has 0 fully saturated rings. The molecule has 0 saturated heterocycles. The lowest BCUT2D eigenvalue weighted by Crippen LogP contribution is -2.74. The van der Waals surface area contributed by atoms with E-state index in [9.17, 15) is 4.21 Å². The molecule has 0 rings (SSSR count). The summed E-state index contributed by atoms with van der Waals surface area (Å²) in [6, 6.07) is 0. The van der Waals surface area contributed by atoms with E-state index in [-0.39, 0.29) is 0 Å². The van der Waals surface area contributed by atoms with E-state index < -0.39 is 67.3 Å². The average molecular weight is 1190 g/mol. The minimum absolute atomic E-state index is 2.81. The fraction of sp³-hybridized carbons (Fsp3) is 1.00. The predicted molar refractivity (Wildman–Crippen MR) is 205 cm³/mol. The maximum absolute atomic E-state index is 11.2. The summed E-state index contributed by atoms with van der Waals surface area (Å²) in [7, 11) is 0. The van der Waals surface area contributed by atoms with E-state index in [1.807, 2.05) is 0 Å². The molecule has 0 aliphatic heterocycles. The van der Waals surface area contributed by atoms with Gasteiger partial charge in [-0.2, -0.15) is 4.21 Å². The smallest absolute Gasteiger partial charge is 0.284 e. The van der Waals surface area contributed by atoms with Gasteiger partial charge in [-0.1, -0.05) is 313 Å². The molecular weight excluding hydrogens is 1190 g/mol. The van der Waals surface area contributed by atoms with Gasteiger partial charge in [-0.25, -0.2) is 4.18 Å². The van der Waals surface area contributed by atoms with Crippen molar-refractivity contribution in [3.05, 3.63) is 0 Å². The Morgan fingerprint density at radius 2 is 0.477 bits per heavy atom. The van der Waals surface area contributed by atoms with Crippen LogP contribution < -0.4 is 0 Å². The molecule has 1 N–H and O–H groups in total. The van der Waals surface area contributed by atoms with Crippen LogP contribution in [0.3, 0.4) is 0 Å². The van der Waals surface area contributed by atoms with Gasteiger partial charge in [0.25, 0.3) is 4.52 Å².